The van der Waals surface area contributed by atoms with E-state index in [2.05, 4.69) is 0 Å². The van der Waals surface area contributed by atoms with Crippen molar-refractivity contribution in [2.75, 3.05) is 20.8 Å². The highest BCUT2D eigenvalue weighted by Gasteiger charge is 2.45. The molecule has 0 saturated heterocycles. The Morgan fingerprint density at radius 1 is 1.19 bits per heavy atom. The van der Waals surface area contributed by atoms with Crippen molar-refractivity contribution in [2.45, 2.75) is 18.6 Å². The molecule has 5 heteroatoms. The van der Waals surface area contributed by atoms with Gasteiger partial charge < -0.3 is 24.2 Å². The molecule has 1 N–H and O–H groups in total. The van der Waals surface area contributed by atoms with Crippen molar-refractivity contribution in [3.05, 3.63) is 0 Å². The minimum absolute atomic E-state index is 0.102. The summed E-state index contributed by atoms with van der Waals surface area (Å²) in [6, 6.07) is 0. The normalized spacial score (nSPS) is 39.3. The van der Waals surface area contributed by atoms with Crippen LogP contribution in [0.15, 0.2) is 0 Å². The molecule has 1 aliphatic carbocycles. The molecule has 1 saturated carbocycles. The molecule has 0 aromatic rings. The lowest BCUT2D eigenvalue weighted by atomic mass is 9.71. The standard InChI is InChI=1S/C11H18O5/c1-15-10-3-7(4-12)8(5-13)11(16-2)9(10)6-14/h5-12H,3-4H2,1-2H3. The largest absolute Gasteiger partial charge is 0.396 e. The van der Waals surface area contributed by atoms with Gasteiger partial charge in [-0.2, -0.15) is 0 Å². The van der Waals surface area contributed by atoms with Gasteiger partial charge in [-0.25, -0.2) is 0 Å². The van der Waals surface area contributed by atoms with Gasteiger partial charge in [0.15, 0.2) is 0 Å². The monoisotopic (exact) mass is 230 g/mol. The van der Waals surface area contributed by atoms with E-state index in [1.54, 1.807) is 0 Å². The van der Waals surface area contributed by atoms with Crippen molar-refractivity contribution in [3.8, 4) is 0 Å². The molecule has 92 valence electrons. The first-order chi connectivity index (χ1) is 7.73. The Balaban J connectivity index is 2.93. The Labute approximate surface area is 94.7 Å². The van der Waals surface area contributed by atoms with Crippen LogP contribution in [0.1, 0.15) is 6.42 Å². The van der Waals surface area contributed by atoms with Gasteiger partial charge in [0.25, 0.3) is 0 Å². The number of aldehydes is 2. The first kappa shape index (κ1) is 13.3. The third-order valence-electron chi connectivity index (χ3n) is 3.39. The summed E-state index contributed by atoms with van der Waals surface area (Å²) in [5, 5.41) is 9.22. The van der Waals surface area contributed by atoms with E-state index in [4.69, 9.17) is 9.47 Å². The van der Waals surface area contributed by atoms with Gasteiger partial charge in [0.05, 0.1) is 18.1 Å². The molecular weight excluding hydrogens is 212 g/mol. The zero-order chi connectivity index (χ0) is 12.1. The van der Waals surface area contributed by atoms with Crippen molar-refractivity contribution in [3.63, 3.8) is 0 Å². The molecule has 5 atom stereocenters. The molecule has 16 heavy (non-hydrogen) atoms. The number of methoxy groups -OCH3 is 2. The van der Waals surface area contributed by atoms with Crippen LogP contribution in [0.4, 0.5) is 0 Å². The van der Waals surface area contributed by atoms with E-state index in [0.29, 0.717) is 6.42 Å². The molecule has 0 amide bonds. The number of aliphatic hydroxyl groups is 1. The number of hydrogen-bond donors (Lipinski definition) is 1. The molecule has 1 aliphatic rings. The Morgan fingerprint density at radius 3 is 2.19 bits per heavy atom. The maximum atomic E-state index is 11.0. The Bertz CT molecular complexity index is 221. The van der Waals surface area contributed by atoms with E-state index in [9.17, 15) is 14.7 Å². The predicted octanol–water partition coefficient (Wildman–Crippen LogP) is -0.341. The third-order valence-corrected chi connectivity index (χ3v) is 3.39. The fourth-order valence-corrected chi connectivity index (χ4v) is 2.47. The topological polar surface area (TPSA) is 72.8 Å². The van der Waals surface area contributed by atoms with E-state index in [-0.39, 0.29) is 18.6 Å². The van der Waals surface area contributed by atoms with Crippen LogP contribution in [-0.2, 0) is 19.1 Å². The second-order valence-corrected chi connectivity index (χ2v) is 4.08. The van der Waals surface area contributed by atoms with Crippen LogP contribution in [0.25, 0.3) is 0 Å². The summed E-state index contributed by atoms with van der Waals surface area (Å²) in [7, 11) is 2.98. The zero-order valence-electron chi connectivity index (χ0n) is 9.54. The van der Waals surface area contributed by atoms with E-state index >= 15 is 0 Å². The zero-order valence-corrected chi connectivity index (χ0v) is 9.54. The maximum absolute atomic E-state index is 11.0. The molecule has 0 bridgehead atoms. The summed E-state index contributed by atoms with van der Waals surface area (Å²) in [6.45, 7) is -0.102. The number of ether oxygens (including phenoxy) is 2. The molecule has 1 rings (SSSR count). The lowest BCUT2D eigenvalue weighted by Crippen LogP contribution is -2.50. The van der Waals surface area contributed by atoms with Gasteiger partial charge in [-0.05, 0) is 12.3 Å². The average Bonchev–Trinajstić information content (AvgIpc) is 2.35. The predicted molar refractivity (Wildman–Crippen MR) is 55.9 cm³/mol. The van der Waals surface area contributed by atoms with Crippen LogP contribution in [0, 0.1) is 17.8 Å². The minimum atomic E-state index is -0.508. The molecule has 0 heterocycles. The van der Waals surface area contributed by atoms with Crippen molar-refractivity contribution < 1.29 is 24.2 Å². The SMILES string of the molecule is COC1CC(CO)C(C=O)C(OC)C1C=O. The molecular formula is C11H18O5. The van der Waals surface area contributed by atoms with Crippen LogP contribution in [0.2, 0.25) is 0 Å². The van der Waals surface area contributed by atoms with Crippen LogP contribution in [-0.4, -0.2) is 50.7 Å². The van der Waals surface area contributed by atoms with Crippen molar-refractivity contribution in [1.82, 2.24) is 0 Å². The fourth-order valence-electron chi connectivity index (χ4n) is 2.47. The molecule has 0 aromatic carbocycles. The minimum Gasteiger partial charge on any atom is -0.396 e. The lowest BCUT2D eigenvalue weighted by Gasteiger charge is -2.41. The van der Waals surface area contributed by atoms with E-state index in [0.717, 1.165) is 12.6 Å². The van der Waals surface area contributed by atoms with Crippen LogP contribution < -0.4 is 0 Å². The highest BCUT2D eigenvalue weighted by molar-refractivity contribution is 5.62. The van der Waals surface area contributed by atoms with Crippen molar-refractivity contribution in [2.24, 2.45) is 17.8 Å². The highest BCUT2D eigenvalue weighted by Crippen LogP contribution is 2.35. The van der Waals surface area contributed by atoms with Gasteiger partial charge in [-0.15, -0.1) is 0 Å². The van der Waals surface area contributed by atoms with Gasteiger partial charge in [0.1, 0.15) is 12.6 Å². The molecule has 5 unspecified atom stereocenters. The summed E-state index contributed by atoms with van der Waals surface area (Å²) in [4.78, 5) is 22.0. The molecule has 0 radical (unpaired) electrons. The van der Waals surface area contributed by atoms with Crippen molar-refractivity contribution >= 4 is 12.6 Å². The van der Waals surface area contributed by atoms with Gasteiger partial charge in [0.2, 0.25) is 0 Å². The van der Waals surface area contributed by atoms with Gasteiger partial charge in [-0.1, -0.05) is 0 Å². The van der Waals surface area contributed by atoms with Gasteiger partial charge >= 0.3 is 0 Å². The summed E-state index contributed by atoms with van der Waals surface area (Å²) >= 11 is 0. The van der Waals surface area contributed by atoms with Crippen LogP contribution >= 0.6 is 0 Å². The Kier molecular flexibility index (Phi) is 5.05. The average molecular weight is 230 g/mol. The summed E-state index contributed by atoms with van der Waals surface area (Å²) in [5.41, 5.74) is 0. The van der Waals surface area contributed by atoms with E-state index < -0.39 is 17.9 Å². The summed E-state index contributed by atoms with van der Waals surface area (Å²) in [5.74, 6) is -1.10. The van der Waals surface area contributed by atoms with Gasteiger partial charge in [-0.3, -0.25) is 0 Å². The lowest BCUT2D eigenvalue weighted by molar-refractivity contribution is -0.147. The molecule has 0 aromatic heterocycles. The number of rotatable bonds is 5. The summed E-state index contributed by atoms with van der Waals surface area (Å²) < 4.78 is 10.4. The third kappa shape index (κ3) is 2.31. The Hall–Kier alpha value is -0.780. The van der Waals surface area contributed by atoms with Gasteiger partial charge in [0, 0.05) is 26.7 Å². The molecule has 0 aliphatic heterocycles. The maximum Gasteiger partial charge on any atom is 0.128 e. The van der Waals surface area contributed by atoms with Crippen molar-refractivity contribution in [1.29, 1.82) is 0 Å². The quantitative estimate of drug-likeness (QED) is 0.654. The van der Waals surface area contributed by atoms with Crippen LogP contribution in [0.5, 0.6) is 0 Å². The number of aliphatic hydroxyl groups excluding tert-OH is 1. The van der Waals surface area contributed by atoms with E-state index in [1.807, 2.05) is 0 Å². The molecule has 0 spiro atoms. The van der Waals surface area contributed by atoms with E-state index in [1.165, 1.54) is 14.2 Å². The molecule has 5 nitrogen and oxygen atoms in total. The number of carbonyl (C=O) groups excluding carboxylic acids is 2. The first-order valence-electron chi connectivity index (χ1n) is 5.30. The second kappa shape index (κ2) is 6.08. The molecule has 1 fully saturated rings. The van der Waals surface area contributed by atoms with Crippen LogP contribution in [0.3, 0.4) is 0 Å². The smallest absolute Gasteiger partial charge is 0.128 e. The summed E-state index contributed by atoms with van der Waals surface area (Å²) in [6.07, 6.45) is 1.23. The fraction of sp³-hybridized carbons (Fsp3) is 0.818. The second-order valence-electron chi connectivity index (χ2n) is 4.08. The first-order valence-corrected chi connectivity index (χ1v) is 5.30. The highest BCUT2D eigenvalue weighted by atomic mass is 16.5. The Morgan fingerprint density at radius 2 is 1.81 bits per heavy atom. The number of hydrogen-bond acceptors (Lipinski definition) is 5. The number of carbonyl (C=O) groups is 2.